The minimum Gasteiger partial charge on any atom is -0.134 e. The van der Waals surface area contributed by atoms with Crippen LogP contribution in [0.1, 0.15) is 18.2 Å². The first-order valence-corrected chi connectivity index (χ1v) is 5.53. The molecule has 1 heterocycles. The Morgan fingerprint density at radius 1 is 1.50 bits per heavy atom. The Morgan fingerprint density at radius 3 is 2.80 bits per heavy atom. The molecular formula is C8H12S2. The lowest BCUT2D eigenvalue weighted by atomic mass is 10.3. The van der Waals surface area contributed by atoms with Gasteiger partial charge in [0.15, 0.2) is 0 Å². The van der Waals surface area contributed by atoms with Crippen molar-refractivity contribution >= 4 is 23.1 Å². The minimum absolute atomic E-state index is 1.24. The second-order valence-corrected chi connectivity index (χ2v) is 4.45. The number of thiophene rings is 1. The summed E-state index contributed by atoms with van der Waals surface area (Å²) in [5.74, 6) is 0. The predicted octanol–water partition coefficient (Wildman–Crippen LogP) is 3.42. The number of rotatable bonds is 3. The van der Waals surface area contributed by atoms with Gasteiger partial charge in [-0.15, -0.1) is 23.1 Å². The van der Waals surface area contributed by atoms with Crippen molar-refractivity contribution in [1.29, 1.82) is 0 Å². The molecule has 0 radical (unpaired) electrons. The zero-order valence-electron chi connectivity index (χ0n) is 6.39. The monoisotopic (exact) mass is 172 g/mol. The largest absolute Gasteiger partial charge is 0.134 e. The fraction of sp³-hybridized carbons (Fsp3) is 0.500. The van der Waals surface area contributed by atoms with Crippen LogP contribution < -0.4 is 0 Å². The molecule has 1 rings (SSSR count). The molecule has 0 aromatic carbocycles. The average Bonchev–Trinajstić information content (AvgIpc) is 2.37. The van der Waals surface area contributed by atoms with Crippen molar-refractivity contribution < 1.29 is 0 Å². The first-order valence-electron chi connectivity index (χ1n) is 3.49. The van der Waals surface area contributed by atoms with Gasteiger partial charge in [-0.2, -0.15) is 0 Å². The molecular weight excluding hydrogens is 160 g/mol. The van der Waals surface area contributed by atoms with E-state index in [2.05, 4.69) is 25.3 Å². The lowest BCUT2D eigenvalue weighted by molar-refractivity contribution is 0.940. The van der Waals surface area contributed by atoms with Crippen molar-refractivity contribution in [3.05, 3.63) is 17.0 Å². The Bertz CT molecular complexity index is 191. The van der Waals surface area contributed by atoms with Gasteiger partial charge in [-0.3, -0.25) is 0 Å². The zero-order chi connectivity index (χ0) is 7.40. The summed E-state index contributed by atoms with van der Waals surface area (Å²) in [5, 5.41) is 0. The fourth-order valence-electron chi connectivity index (χ4n) is 0.849. The summed E-state index contributed by atoms with van der Waals surface area (Å²) in [5.41, 5.74) is 0. The highest BCUT2D eigenvalue weighted by Gasteiger charge is 1.95. The van der Waals surface area contributed by atoms with E-state index < -0.39 is 0 Å². The van der Waals surface area contributed by atoms with E-state index in [1.54, 1.807) is 0 Å². The van der Waals surface area contributed by atoms with Gasteiger partial charge in [0.1, 0.15) is 0 Å². The van der Waals surface area contributed by atoms with Crippen LogP contribution in [0.2, 0.25) is 0 Å². The SMILES string of the molecule is CCCc1ccc(SC)s1. The molecule has 1 aromatic rings. The molecule has 0 aliphatic carbocycles. The second kappa shape index (κ2) is 4.04. The van der Waals surface area contributed by atoms with E-state index in [-0.39, 0.29) is 0 Å². The molecule has 1 aromatic heterocycles. The molecule has 0 bridgehead atoms. The van der Waals surface area contributed by atoms with Gasteiger partial charge < -0.3 is 0 Å². The maximum absolute atomic E-state index is 2.24. The van der Waals surface area contributed by atoms with Crippen molar-refractivity contribution in [2.75, 3.05) is 6.26 Å². The van der Waals surface area contributed by atoms with Crippen LogP contribution in [0.5, 0.6) is 0 Å². The van der Waals surface area contributed by atoms with E-state index in [1.165, 1.54) is 21.9 Å². The van der Waals surface area contributed by atoms with Gasteiger partial charge in [-0.1, -0.05) is 13.3 Å². The zero-order valence-corrected chi connectivity index (χ0v) is 8.02. The lowest BCUT2D eigenvalue weighted by Crippen LogP contribution is -1.71. The Balaban J connectivity index is 2.59. The first-order chi connectivity index (χ1) is 4.86. The van der Waals surface area contributed by atoms with Crippen LogP contribution in [-0.2, 0) is 6.42 Å². The standard InChI is InChI=1S/C8H12S2/c1-3-4-7-5-6-8(9-2)10-7/h5-6H,3-4H2,1-2H3. The predicted molar refractivity (Wildman–Crippen MR) is 50.1 cm³/mol. The minimum atomic E-state index is 1.24. The van der Waals surface area contributed by atoms with Crippen molar-refractivity contribution in [1.82, 2.24) is 0 Å². The summed E-state index contributed by atoms with van der Waals surface area (Å²) in [6.07, 6.45) is 4.63. The fourth-order valence-corrected chi connectivity index (χ4v) is 2.54. The normalized spacial score (nSPS) is 10.2. The molecule has 0 aliphatic rings. The third kappa shape index (κ3) is 2.03. The van der Waals surface area contributed by atoms with E-state index in [0.29, 0.717) is 0 Å². The van der Waals surface area contributed by atoms with E-state index in [0.717, 1.165) is 0 Å². The van der Waals surface area contributed by atoms with E-state index in [1.807, 2.05) is 23.1 Å². The van der Waals surface area contributed by atoms with E-state index >= 15 is 0 Å². The molecule has 0 fully saturated rings. The molecule has 2 heteroatoms. The maximum Gasteiger partial charge on any atom is 0.0598 e. The Labute approximate surface area is 70.7 Å². The Kier molecular flexibility index (Phi) is 3.29. The number of hydrogen-bond acceptors (Lipinski definition) is 2. The van der Waals surface area contributed by atoms with Gasteiger partial charge >= 0.3 is 0 Å². The molecule has 0 aliphatic heterocycles. The highest BCUT2D eigenvalue weighted by molar-refractivity contribution is 8.00. The molecule has 0 spiro atoms. The topological polar surface area (TPSA) is 0 Å². The van der Waals surface area contributed by atoms with E-state index in [4.69, 9.17) is 0 Å². The van der Waals surface area contributed by atoms with Gasteiger partial charge in [0.2, 0.25) is 0 Å². The summed E-state index contributed by atoms with van der Waals surface area (Å²) in [4.78, 5) is 1.52. The lowest BCUT2D eigenvalue weighted by Gasteiger charge is -1.88. The number of thioether (sulfide) groups is 1. The second-order valence-electron chi connectivity index (χ2n) is 2.17. The number of aryl methyl sites for hydroxylation is 1. The van der Waals surface area contributed by atoms with Gasteiger partial charge in [-0.25, -0.2) is 0 Å². The van der Waals surface area contributed by atoms with Crippen molar-refractivity contribution in [2.45, 2.75) is 24.0 Å². The summed E-state index contributed by atoms with van der Waals surface area (Å²) in [6, 6.07) is 4.44. The maximum atomic E-state index is 2.24. The third-order valence-corrected chi connectivity index (χ3v) is 3.56. The highest BCUT2D eigenvalue weighted by Crippen LogP contribution is 2.25. The summed E-state index contributed by atoms with van der Waals surface area (Å²) in [6.45, 7) is 2.22. The highest BCUT2D eigenvalue weighted by atomic mass is 32.2. The van der Waals surface area contributed by atoms with Crippen molar-refractivity contribution in [3.63, 3.8) is 0 Å². The van der Waals surface area contributed by atoms with Gasteiger partial charge in [-0.05, 0) is 24.8 Å². The van der Waals surface area contributed by atoms with Crippen LogP contribution in [0.15, 0.2) is 16.3 Å². The molecule has 0 unspecified atom stereocenters. The molecule has 0 saturated carbocycles. The quantitative estimate of drug-likeness (QED) is 0.629. The van der Waals surface area contributed by atoms with Gasteiger partial charge in [0, 0.05) is 4.88 Å². The Hall–Kier alpha value is 0.0500. The molecule has 56 valence electrons. The molecule has 10 heavy (non-hydrogen) atoms. The molecule has 0 saturated heterocycles. The van der Waals surface area contributed by atoms with Crippen molar-refractivity contribution in [3.8, 4) is 0 Å². The number of hydrogen-bond donors (Lipinski definition) is 0. The summed E-state index contributed by atoms with van der Waals surface area (Å²) in [7, 11) is 0. The molecule has 0 amide bonds. The van der Waals surface area contributed by atoms with Crippen LogP contribution in [0, 0.1) is 0 Å². The Morgan fingerprint density at radius 2 is 2.30 bits per heavy atom. The van der Waals surface area contributed by atoms with Gasteiger partial charge in [0.25, 0.3) is 0 Å². The smallest absolute Gasteiger partial charge is 0.0598 e. The summed E-state index contributed by atoms with van der Waals surface area (Å²) < 4.78 is 1.43. The first kappa shape index (κ1) is 8.15. The molecule has 0 atom stereocenters. The molecule has 0 N–H and O–H groups in total. The van der Waals surface area contributed by atoms with Crippen LogP contribution >= 0.6 is 23.1 Å². The summed E-state index contributed by atoms with van der Waals surface area (Å²) >= 11 is 3.75. The van der Waals surface area contributed by atoms with Crippen molar-refractivity contribution in [2.24, 2.45) is 0 Å². The third-order valence-electron chi connectivity index (χ3n) is 1.33. The van der Waals surface area contributed by atoms with Crippen LogP contribution in [0.3, 0.4) is 0 Å². The average molecular weight is 172 g/mol. The van der Waals surface area contributed by atoms with Crippen LogP contribution in [0.4, 0.5) is 0 Å². The van der Waals surface area contributed by atoms with Crippen LogP contribution in [0.25, 0.3) is 0 Å². The van der Waals surface area contributed by atoms with E-state index in [9.17, 15) is 0 Å². The van der Waals surface area contributed by atoms with Gasteiger partial charge in [0.05, 0.1) is 4.21 Å². The van der Waals surface area contributed by atoms with Crippen LogP contribution in [-0.4, -0.2) is 6.26 Å². The molecule has 0 nitrogen and oxygen atoms in total.